The van der Waals surface area contributed by atoms with Crippen LogP contribution in [0.3, 0.4) is 0 Å². The van der Waals surface area contributed by atoms with Gasteiger partial charge in [-0.3, -0.25) is 0 Å². The highest BCUT2D eigenvalue weighted by molar-refractivity contribution is 5.60. The van der Waals surface area contributed by atoms with Crippen LogP contribution in [-0.4, -0.2) is 11.5 Å². The van der Waals surface area contributed by atoms with Crippen molar-refractivity contribution in [2.45, 2.75) is 6.92 Å². The molecule has 0 aliphatic rings. The topological polar surface area (TPSA) is 60.7 Å². The van der Waals surface area contributed by atoms with Gasteiger partial charge in [0.2, 0.25) is 0 Å². The molecule has 0 spiro atoms. The van der Waals surface area contributed by atoms with Crippen molar-refractivity contribution in [2.75, 3.05) is 17.2 Å². The third-order valence-corrected chi connectivity index (χ3v) is 2.62. The molecule has 108 valence electrons. The second-order valence-electron chi connectivity index (χ2n) is 4.11. The molecule has 1 aromatic carbocycles. The largest absolute Gasteiger partial charge is 0.368 e. The molecular formula is C14H11F3N4. The Morgan fingerprint density at radius 1 is 1.10 bits per heavy atom. The number of rotatable bonds is 4. The Morgan fingerprint density at radius 3 is 2.43 bits per heavy atom. The van der Waals surface area contributed by atoms with Crippen LogP contribution >= 0.6 is 0 Å². The second-order valence-corrected chi connectivity index (χ2v) is 4.11. The molecule has 0 aliphatic carbocycles. The standard InChI is InChI=1S/C14H11F3N4/c1-2-19-13-10(16)6-11(17)14(21-13)20-12-4-3-8(7-18)5-9(12)15/h3-6H,2H2,1H3,(H2,19,20,21). The minimum atomic E-state index is -0.946. The molecule has 0 amide bonds. The summed E-state index contributed by atoms with van der Waals surface area (Å²) in [6, 6.07) is 6.11. The van der Waals surface area contributed by atoms with Crippen molar-refractivity contribution in [1.29, 1.82) is 5.26 Å². The van der Waals surface area contributed by atoms with Gasteiger partial charge < -0.3 is 10.6 Å². The molecule has 0 atom stereocenters. The second kappa shape index (κ2) is 6.13. The number of hydrogen-bond acceptors (Lipinski definition) is 4. The maximum absolute atomic E-state index is 13.7. The average molecular weight is 292 g/mol. The summed E-state index contributed by atoms with van der Waals surface area (Å²) in [7, 11) is 0. The van der Waals surface area contributed by atoms with Gasteiger partial charge in [0.15, 0.2) is 23.3 Å². The van der Waals surface area contributed by atoms with Crippen molar-refractivity contribution in [1.82, 2.24) is 4.98 Å². The van der Waals surface area contributed by atoms with Gasteiger partial charge in [0.25, 0.3) is 0 Å². The lowest BCUT2D eigenvalue weighted by Gasteiger charge is -2.11. The minimum Gasteiger partial charge on any atom is -0.368 e. The summed E-state index contributed by atoms with van der Waals surface area (Å²) in [5.41, 5.74) is 0.0772. The van der Waals surface area contributed by atoms with E-state index in [4.69, 9.17) is 5.26 Å². The fourth-order valence-electron chi connectivity index (χ4n) is 1.66. The summed E-state index contributed by atoms with van der Waals surface area (Å²) >= 11 is 0. The van der Waals surface area contributed by atoms with Gasteiger partial charge in [-0.2, -0.15) is 5.26 Å². The van der Waals surface area contributed by atoms with Gasteiger partial charge in [0, 0.05) is 12.6 Å². The number of nitriles is 1. The first-order chi connectivity index (χ1) is 10.0. The van der Waals surface area contributed by atoms with Crippen molar-refractivity contribution < 1.29 is 13.2 Å². The molecule has 0 saturated heterocycles. The van der Waals surface area contributed by atoms with Gasteiger partial charge in [0.05, 0.1) is 17.3 Å². The SMILES string of the molecule is CCNc1nc(Nc2ccc(C#N)cc2F)c(F)cc1F. The molecule has 4 nitrogen and oxygen atoms in total. The lowest BCUT2D eigenvalue weighted by molar-refractivity contribution is 0.579. The molecule has 7 heteroatoms. The minimum absolute atomic E-state index is 0.0607. The fraction of sp³-hybridized carbons (Fsp3) is 0.143. The van der Waals surface area contributed by atoms with E-state index in [2.05, 4.69) is 15.6 Å². The predicted molar refractivity (Wildman–Crippen MR) is 72.7 cm³/mol. The molecule has 2 aromatic rings. The Labute approximate surface area is 119 Å². The van der Waals surface area contributed by atoms with Crippen LogP contribution < -0.4 is 10.6 Å². The van der Waals surface area contributed by atoms with Crippen LogP contribution in [0.25, 0.3) is 0 Å². The lowest BCUT2D eigenvalue weighted by Crippen LogP contribution is -2.07. The van der Waals surface area contributed by atoms with Crippen LogP contribution in [0.4, 0.5) is 30.5 Å². The van der Waals surface area contributed by atoms with Crippen LogP contribution in [0.2, 0.25) is 0 Å². The highest BCUT2D eigenvalue weighted by Crippen LogP contribution is 2.24. The van der Waals surface area contributed by atoms with Crippen molar-refractivity contribution in [3.05, 3.63) is 47.3 Å². The van der Waals surface area contributed by atoms with Gasteiger partial charge in [-0.1, -0.05) is 0 Å². The van der Waals surface area contributed by atoms with E-state index < -0.39 is 17.5 Å². The summed E-state index contributed by atoms with van der Waals surface area (Å²) in [6.07, 6.45) is 0. The summed E-state index contributed by atoms with van der Waals surface area (Å²) in [5.74, 6) is -2.95. The molecule has 2 rings (SSSR count). The highest BCUT2D eigenvalue weighted by atomic mass is 19.1. The van der Waals surface area contributed by atoms with Crippen LogP contribution in [-0.2, 0) is 0 Å². The Hall–Kier alpha value is -2.75. The summed E-state index contributed by atoms with van der Waals surface area (Å²) in [4.78, 5) is 3.74. The van der Waals surface area contributed by atoms with Crippen LogP contribution in [0.1, 0.15) is 12.5 Å². The van der Waals surface area contributed by atoms with Gasteiger partial charge in [-0.25, -0.2) is 18.2 Å². The lowest BCUT2D eigenvalue weighted by atomic mass is 10.2. The maximum Gasteiger partial charge on any atom is 0.169 e. The monoisotopic (exact) mass is 292 g/mol. The molecule has 0 saturated carbocycles. The van der Waals surface area contributed by atoms with Crippen molar-refractivity contribution in [3.8, 4) is 6.07 Å². The van der Waals surface area contributed by atoms with Crippen molar-refractivity contribution >= 4 is 17.3 Å². The third kappa shape index (κ3) is 3.23. The van der Waals surface area contributed by atoms with E-state index in [9.17, 15) is 13.2 Å². The Morgan fingerprint density at radius 2 is 1.81 bits per heavy atom. The number of nitrogens with zero attached hydrogens (tertiary/aromatic N) is 2. The quantitative estimate of drug-likeness (QED) is 0.904. The molecule has 0 bridgehead atoms. The molecule has 0 unspecified atom stereocenters. The predicted octanol–water partition coefficient (Wildman–Crippen LogP) is 3.55. The van der Waals surface area contributed by atoms with E-state index in [-0.39, 0.29) is 22.9 Å². The number of halogens is 3. The van der Waals surface area contributed by atoms with E-state index in [0.717, 1.165) is 6.07 Å². The first-order valence-corrected chi connectivity index (χ1v) is 6.11. The van der Waals surface area contributed by atoms with Gasteiger partial charge in [0.1, 0.15) is 5.82 Å². The number of nitrogens with one attached hydrogen (secondary N) is 2. The zero-order chi connectivity index (χ0) is 15.4. The molecular weight excluding hydrogens is 281 g/mol. The zero-order valence-electron chi connectivity index (χ0n) is 11.0. The van der Waals surface area contributed by atoms with Gasteiger partial charge in [-0.15, -0.1) is 0 Å². The summed E-state index contributed by atoms with van der Waals surface area (Å²) < 4.78 is 40.8. The number of benzene rings is 1. The van der Waals surface area contributed by atoms with E-state index in [0.29, 0.717) is 12.6 Å². The summed E-state index contributed by atoms with van der Waals surface area (Å²) in [5, 5.41) is 13.7. The fourth-order valence-corrected chi connectivity index (χ4v) is 1.66. The molecule has 2 N–H and O–H groups in total. The highest BCUT2D eigenvalue weighted by Gasteiger charge is 2.13. The van der Waals surface area contributed by atoms with Crippen LogP contribution in [0.15, 0.2) is 24.3 Å². The third-order valence-electron chi connectivity index (χ3n) is 2.62. The Balaban J connectivity index is 2.35. The van der Waals surface area contributed by atoms with Gasteiger partial charge in [-0.05, 0) is 25.1 Å². The van der Waals surface area contributed by atoms with Gasteiger partial charge >= 0.3 is 0 Å². The molecule has 0 fully saturated rings. The normalized spacial score (nSPS) is 10.0. The molecule has 0 aliphatic heterocycles. The zero-order valence-corrected chi connectivity index (χ0v) is 11.0. The average Bonchev–Trinajstić information content (AvgIpc) is 2.46. The Bertz CT molecular complexity index is 710. The van der Waals surface area contributed by atoms with E-state index in [1.165, 1.54) is 12.1 Å². The molecule has 0 radical (unpaired) electrons. The first kappa shape index (κ1) is 14.7. The summed E-state index contributed by atoms with van der Waals surface area (Å²) in [6.45, 7) is 2.14. The Kier molecular flexibility index (Phi) is 4.28. The first-order valence-electron chi connectivity index (χ1n) is 6.11. The molecule has 21 heavy (non-hydrogen) atoms. The number of anilines is 3. The molecule has 1 heterocycles. The maximum atomic E-state index is 13.7. The van der Waals surface area contributed by atoms with E-state index in [1.807, 2.05) is 0 Å². The number of aromatic nitrogens is 1. The van der Waals surface area contributed by atoms with E-state index >= 15 is 0 Å². The number of hydrogen-bond donors (Lipinski definition) is 2. The van der Waals surface area contributed by atoms with E-state index in [1.54, 1.807) is 13.0 Å². The smallest absolute Gasteiger partial charge is 0.169 e. The van der Waals surface area contributed by atoms with Crippen LogP contribution in [0, 0.1) is 28.8 Å². The van der Waals surface area contributed by atoms with Crippen LogP contribution in [0.5, 0.6) is 0 Å². The van der Waals surface area contributed by atoms with Crippen molar-refractivity contribution in [3.63, 3.8) is 0 Å². The molecule has 1 aromatic heterocycles. The van der Waals surface area contributed by atoms with Crippen molar-refractivity contribution in [2.24, 2.45) is 0 Å². The number of pyridine rings is 1.